The summed E-state index contributed by atoms with van der Waals surface area (Å²) in [6.45, 7) is 2.30. The van der Waals surface area contributed by atoms with Crippen LogP contribution in [0.1, 0.15) is 6.92 Å². The molecule has 0 saturated heterocycles. The Bertz CT molecular complexity index is 157. The zero-order valence-corrected chi connectivity index (χ0v) is 11.2. The van der Waals surface area contributed by atoms with Crippen molar-refractivity contribution < 1.29 is 9.90 Å². The van der Waals surface area contributed by atoms with Gasteiger partial charge in [0.25, 0.3) is 0 Å². The highest BCUT2D eigenvalue weighted by molar-refractivity contribution is 9.40. The lowest BCUT2D eigenvalue weighted by Crippen LogP contribution is -2.44. The average Bonchev–Trinajstić information content (AvgIpc) is 1.97. The van der Waals surface area contributed by atoms with E-state index in [0.29, 0.717) is 6.54 Å². The topological polar surface area (TPSA) is 49.3 Å². The van der Waals surface area contributed by atoms with Gasteiger partial charge in [-0.1, -0.05) is 54.7 Å². The molecule has 0 aliphatic rings. The third-order valence-corrected chi connectivity index (χ3v) is 2.40. The zero-order chi connectivity index (χ0) is 9.78. The summed E-state index contributed by atoms with van der Waals surface area (Å²) >= 11 is 9.26. The van der Waals surface area contributed by atoms with Crippen LogP contribution in [0.3, 0.4) is 0 Å². The minimum Gasteiger partial charge on any atom is -0.394 e. The number of hydrogen-bond donors (Lipinski definition) is 2. The fourth-order valence-electron chi connectivity index (χ4n) is 0.684. The SMILES string of the molecule is CCNC(CO)C(=O)C(Br)(Br)Br. The smallest absolute Gasteiger partial charge is 0.194 e. The third-order valence-electron chi connectivity index (χ3n) is 1.23. The van der Waals surface area contributed by atoms with Crippen LogP contribution < -0.4 is 5.32 Å². The molecule has 3 nitrogen and oxygen atoms in total. The van der Waals surface area contributed by atoms with Gasteiger partial charge in [-0.2, -0.15) is 0 Å². The number of halogens is 3. The van der Waals surface area contributed by atoms with Gasteiger partial charge in [0.2, 0.25) is 0 Å². The van der Waals surface area contributed by atoms with Crippen LogP contribution in [0.5, 0.6) is 0 Å². The predicted molar refractivity (Wildman–Crippen MR) is 59.1 cm³/mol. The summed E-state index contributed by atoms with van der Waals surface area (Å²) in [6.07, 6.45) is 0. The molecule has 1 atom stereocenters. The molecule has 0 aliphatic carbocycles. The summed E-state index contributed by atoms with van der Waals surface area (Å²) in [4.78, 5) is 11.4. The summed E-state index contributed by atoms with van der Waals surface area (Å²) in [6, 6.07) is -0.548. The van der Waals surface area contributed by atoms with Gasteiger partial charge in [0.1, 0.15) is 0 Å². The molecule has 0 spiro atoms. The van der Waals surface area contributed by atoms with Crippen LogP contribution in [0.25, 0.3) is 0 Å². The van der Waals surface area contributed by atoms with E-state index in [4.69, 9.17) is 5.11 Å². The van der Waals surface area contributed by atoms with E-state index in [1.54, 1.807) is 0 Å². The van der Waals surface area contributed by atoms with Crippen LogP contribution in [-0.2, 0) is 4.79 Å². The van der Waals surface area contributed by atoms with Crippen molar-refractivity contribution in [2.75, 3.05) is 13.2 Å². The molecule has 2 N–H and O–H groups in total. The van der Waals surface area contributed by atoms with Crippen LogP contribution in [0.4, 0.5) is 0 Å². The highest BCUT2D eigenvalue weighted by Crippen LogP contribution is 2.35. The fraction of sp³-hybridized carbons (Fsp3) is 0.833. The Balaban J connectivity index is 4.22. The van der Waals surface area contributed by atoms with Crippen molar-refractivity contribution in [1.82, 2.24) is 5.32 Å². The molecule has 0 aliphatic heterocycles. The van der Waals surface area contributed by atoms with Crippen molar-refractivity contribution in [3.63, 3.8) is 0 Å². The van der Waals surface area contributed by atoms with E-state index in [0.717, 1.165) is 0 Å². The lowest BCUT2D eigenvalue weighted by Gasteiger charge is -2.19. The van der Waals surface area contributed by atoms with Crippen LogP contribution >= 0.6 is 47.8 Å². The number of aliphatic hydroxyl groups excluding tert-OH is 1. The van der Waals surface area contributed by atoms with Crippen LogP contribution in [-0.4, -0.2) is 32.2 Å². The molecule has 0 rings (SSSR count). The van der Waals surface area contributed by atoms with Crippen LogP contribution in [0.15, 0.2) is 0 Å². The first-order valence-electron chi connectivity index (χ1n) is 3.38. The molecule has 0 saturated carbocycles. The molecule has 0 aromatic heterocycles. The molecule has 0 heterocycles. The summed E-state index contributed by atoms with van der Waals surface area (Å²) in [5.41, 5.74) is 0. The Hall–Kier alpha value is 1.03. The molecule has 72 valence electrons. The van der Waals surface area contributed by atoms with Crippen molar-refractivity contribution in [3.05, 3.63) is 0 Å². The summed E-state index contributed by atoms with van der Waals surface area (Å²) in [5.74, 6) is -0.188. The van der Waals surface area contributed by atoms with Crippen molar-refractivity contribution in [2.24, 2.45) is 0 Å². The van der Waals surface area contributed by atoms with Gasteiger partial charge in [-0.3, -0.25) is 4.79 Å². The number of hydrogen-bond acceptors (Lipinski definition) is 3. The van der Waals surface area contributed by atoms with E-state index >= 15 is 0 Å². The number of ketones is 1. The first-order chi connectivity index (χ1) is 5.43. The van der Waals surface area contributed by atoms with Crippen molar-refractivity contribution >= 4 is 53.6 Å². The van der Waals surface area contributed by atoms with E-state index in [2.05, 4.69) is 53.1 Å². The molecule has 0 radical (unpaired) electrons. The molecular weight excluding hydrogens is 358 g/mol. The fourth-order valence-corrected chi connectivity index (χ4v) is 1.51. The van der Waals surface area contributed by atoms with Gasteiger partial charge in [-0.25, -0.2) is 0 Å². The molecule has 0 amide bonds. The van der Waals surface area contributed by atoms with Crippen molar-refractivity contribution in [3.8, 4) is 0 Å². The first kappa shape index (κ1) is 13.0. The lowest BCUT2D eigenvalue weighted by atomic mass is 10.2. The largest absolute Gasteiger partial charge is 0.394 e. The Labute approximate surface area is 96.7 Å². The second-order valence-electron chi connectivity index (χ2n) is 2.15. The maximum absolute atomic E-state index is 11.4. The Morgan fingerprint density at radius 2 is 2.08 bits per heavy atom. The summed E-state index contributed by atoms with van der Waals surface area (Å²) < 4.78 is -0.942. The summed E-state index contributed by atoms with van der Waals surface area (Å²) in [5, 5.41) is 11.7. The number of alkyl halides is 3. The second-order valence-corrected chi connectivity index (χ2v) is 8.92. The molecule has 12 heavy (non-hydrogen) atoms. The Morgan fingerprint density at radius 3 is 2.33 bits per heavy atom. The number of rotatable bonds is 4. The van der Waals surface area contributed by atoms with E-state index < -0.39 is 8.18 Å². The van der Waals surface area contributed by atoms with Gasteiger partial charge < -0.3 is 10.4 Å². The molecule has 6 heteroatoms. The number of likely N-dealkylation sites (N-methyl/N-ethyl adjacent to an activating group) is 1. The quantitative estimate of drug-likeness (QED) is 0.738. The van der Waals surface area contributed by atoms with Gasteiger partial charge in [0.15, 0.2) is 7.93 Å². The molecule has 0 aromatic rings. The summed E-state index contributed by atoms with van der Waals surface area (Å²) in [7, 11) is 0. The van der Waals surface area contributed by atoms with Gasteiger partial charge in [-0.05, 0) is 6.54 Å². The minimum absolute atomic E-state index is 0.188. The molecule has 0 bridgehead atoms. The second kappa shape index (κ2) is 5.70. The van der Waals surface area contributed by atoms with E-state index in [1.807, 2.05) is 6.92 Å². The van der Waals surface area contributed by atoms with Gasteiger partial charge >= 0.3 is 0 Å². The average molecular weight is 368 g/mol. The Kier molecular flexibility index (Phi) is 6.18. The van der Waals surface area contributed by atoms with Crippen LogP contribution in [0.2, 0.25) is 0 Å². The van der Waals surface area contributed by atoms with Crippen molar-refractivity contribution in [1.29, 1.82) is 0 Å². The third kappa shape index (κ3) is 4.32. The van der Waals surface area contributed by atoms with Crippen LogP contribution in [0, 0.1) is 0 Å². The number of nitrogens with one attached hydrogen (secondary N) is 1. The number of carbonyl (C=O) groups excluding carboxylic acids is 1. The van der Waals surface area contributed by atoms with E-state index in [1.165, 1.54) is 0 Å². The molecule has 0 fully saturated rings. The Morgan fingerprint density at radius 1 is 1.58 bits per heavy atom. The molecular formula is C6H10Br3NO2. The number of Topliss-reactive ketones (excluding diaryl/α,β-unsaturated/α-hetero) is 1. The minimum atomic E-state index is -0.942. The maximum atomic E-state index is 11.4. The highest BCUT2D eigenvalue weighted by Gasteiger charge is 2.34. The highest BCUT2D eigenvalue weighted by atomic mass is 80.0. The lowest BCUT2D eigenvalue weighted by molar-refractivity contribution is -0.120. The number of carbonyl (C=O) groups is 1. The van der Waals surface area contributed by atoms with E-state index in [9.17, 15) is 4.79 Å². The van der Waals surface area contributed by atoms with Gasteiger partial charge in [-0.15, -0.1) is 0 Å². The predicted octanol–water partition coefficient (Wildman–Crippen LogP) is 1.36. The standard InChI is InChI=1S/C6H10Br3NO2/c1-2-10-4(3-11)5(12)6(7,8)9/h4,10-11H,2-3H2,1H3. The maximum Gasteiger partial charge on any atom is 0.194 e. The number of aliphatic hydroxyl groups is 1. The van der Waals surface area contributed by atoms with Gasteiger partial charge in [0.05, 0.1) is 12.6 Å². The first-order valence-corrected chi connectivity index (χ1v) is 5.76. The molecule has 0 aromatic carbocycles. The monoisotopic (exact) mass is 365 g/mol. The normalized spacial score (nSPS) is 14.4. The molecule has 1 unspecified atom stereocenters. The van der Waals surface area contributed by atoms with Crippen molar-refractivity contribution in [2.45, 2.75) is 15.1 Å². The van der Waals surface area contributed by atoms with E-state index in [-0.39, 0.29) is 12.4 Å². The zero-order valence-electron chi connectivity index (χ0n) is 6.48. The van der Waals surface area contributed by atoms with Gasteiger partial charge in [0, 0.05) is 0 Å².